The number of rotatable bonds is 4. The fourth-order valence-corrected chi connectivity index (χ4v) is 2.54. The van der Waals surface area contributed by atoms with Crippen molar-refractivity contribution in [1.82, 2.24) is 4.90 Å². The number of fused-ring (bicyclic) bond motifs is 1. The van der Waals surface area contributed by atoms with Gasteiger partial charge in [-0.3, -0.25) is 19.3 Å². The number of nitrogens with zero attached hydrogens (tertiary/aromatic N) is 1. The topological polar surface area (TPSA) is 92.8 Å². The molecule has 0 radical (unpaired) electrons. The zero-order valence-electron chi connectivity index (χ0n) is 14.2. The number of amides is 3. The summed E-state index contributed by atoms with van der Waals surface area (Å²) in [5.41, 5.74) is 1.07. The molecule has 0 saturated carbocycles. The molecule has 7 nitrogen and oxygen atoms in total. The lowest BCUT2D eigenvalue weighted by Crippen LogP contribution is -2.30. The van der Waals surface area contributed by atoms with E-state index in [-0.39, 0.29) is 16.7 Å². The Hall–Kier alpha value is -3.48. The minimum Gasteiger partial charge on any atom is -0.449 e. The van der Waals surface area contributed by atoms with Crippen molar-refractivity contribution >= 4 is 29.4 Å². The Kier molecular flexibility index (Phi) is 4.53. The van der Waals surface area contributed by atoms with Crippen molar-refractivity contribution in [2.24, 2.45) is 0 Å². The van der Waals surface area contributed by atoms with Gasteiger partial charge < -0.3 is 10.1 Å². The predicted molar refractivity (Wildman–Crippen MR) is 92.8 cm³/mol. The molecule has 0 fully saturated rings. The molecule has 7 heteroatoms. The summed E-state index contributed by atoms with van der Waals surface area (Å²) in [6, 6.07) is 12.9. The first kappa shape index (κ1) is 17.3. The summed E-state index contributed by atoms with van der Waals surface area (Å²) in [6.45, 7) is 1.45. The third-order valence-electron chi connectivity index (χ3n) is 4.02. The molecular weight excluding hydrogens is 336 g/mol. The summed E-state index contributed by atoms with van der Waals surface area (Å²) in [7, 11) is 1.37. The molecule has 2 aromatic carbocycles. The van der Waals surface area contributed by atoms with E-state index in [0.29, 0.717) is 5.69 Å². The maximum Gasteiger partial charge on any atom is 0.338 e. The first-order valence-corrected chi connectivity index (χ1v) is 7.92. The number of para-hydroxylation sites is 1. The van der Waals surface area contributed by atoms with Crippen LogP contribution >= 0.6 is 0 Å². The second-order valence-corrected chi connectivity index (χ2v) is 5.83. The Morgan fingerprint density at radius 3 is 2.35 bits per heavy atom. The quantitative estimate of drug-likeness (QED) is 0.672. The molecule has 0 bridgehead atoms. The van der Waals surface area contributed by atoms with E-state index in [2.05, 4.69) is 5.32 Å². The Morgan fingerprint density at radius 1 is 1.00 bits per heavy atom. The molecule has 3 rings (SSSR count). The van der Waals surface area contributed by atoms with Gasteiger partial charge in [-0.1, -0.05) is 18.2 Å². The molecule has 0 aliphatic carbocycles. The maximum atomic E-state index is 12.3. The van der Waals surface area contributed by atoms with Gasteiger partial charge in [0.05, 0.1) is 16.7 Å². The molecule has 3 amide bonds. The molecule has 26 heavy (non-hydrogen) atoms. The highest BCUT2D eigenvalue weighted by Crippen LogP contribution is 2.23. The summed E-state index contributed by atoms with van der Waals surface area (Å²) >= 11 is 0. The SMILES string of the molecule is CC(OC(=O)c1ccc2c(c1)C(=O)N(C)C2=O)C(=O)Nc1ccccc1. The van der Waals surface area contributed by atoms with Crippen LogP contribution in [-0.2, 0) is 9.53 Å². The molecule has 0 spiro atoms. The van der Waals surface area contributed by atoms with Crippen LogP contribution in [0.25, 0.3) is 0 Å². The minimum absolute atomic E-state index is 0.0968. The third kappa shape index (κ3) is 3.19. The van der Waals surface area contributed by atoms with Crippen LogP contribution in [0, 0.1) is 0 Å². The lowest BCUT2D eigenvalue weighted by Gasteiger charge is -2.13. The molecule has 1 heterocycles. The molecule has 0 aromatic heterocycles. The largest absolute Gasteiger partial charge is 0.449 e. The van der Waals surface area contributed by atoms with Crippen molar-refractivity contribution in [3.63, 3.8) is 0 Å². The molecule has 2 aromatic rings. The highest BCUT2D eigenvalue weighted by atomic mass is 16.5. The van der Waals surface area contributed by atoms with Crippen molar-refractivity contribution in [1.29, 1.82) is 0 Å². The summed E-state index contributed by atoms with van der Waals surface area (Å²) < 4.78 is 5.16. The van der Waals surface area contributed by atoms with E-state index >= 15 is 0 Å². The van der Waals surface area contributed by atoms with Gasteiger partial charge in [-0.25, -0.2) is 4.79 Å². The van der Waals surface area contributed by atoms with Crippen LogP contribution in [0.3, 0.4) is 0 Å². The van der Waals surface area contributed by atoms with Gasteiger partial charge in [0.25, 0.3) is 17.7 Å². The Morgan fingerprint density at radius 2 is 1.65 bits per heavy atom. The fourth-order valence-electron chi connectivity index (χ4n) is 2.54. The van der Waals surface area contributed by atoms with E-state index in [1.807, 2.05) is 6.07 Å². The second kappa shape index (κ2) is 6.79. The summed E-state index contributed by atoms with van der Waals surface area (Å²) in [6.07, 6.45) is -1.03. The Bertz CT molecular complexity index is 907. The molecule has 1 unspecified atom stereocenters. The number of ether oxygens (including phenoxy) is 1. The van der Waals surface area contributed by atoms with Gasteiger partial charge in [0.15, 0.2) is 6.10 Å². The van der Waals surface area contributed by atoms with Crippen LogP contribution in [0.4, 0.5) is 5.69 Å². The number of anilines is 1. The summed E-state index contributed by atoms with van der Waals surface area (Å²) in [5, 5.41) is 2.64. The van der Waals surface area contributed by atoms with Crippen LogP contribution in [0.1, 0.15) is 38.0 Å². The number of nitrogens with one attached hydrogen (secondary N) is 1. The van der Waals surface area contributed by atoms with Crippen LogP contribution < -0.4 is 5.32 Å². The van der Waals surface area contributed by atoms with Gasteiger partial charge in [0, 0.05) is 12.7 Å². The van der Waals surface area contributed by atoms with Gasteiger partial charge >= 0.3 is 5.97 Å². The molecule has 1 aliphatic heterocycles. The zero-order valence-corrected chi connectivity index (χ0v) is 14.2. The number of hydrogen-bond acceptors (Lipinski definition) is 5. The number of carbonyl (C=O) groups is 4. The van der Waals surface area contributed by atoms with Crippen molar-refractivity contribution in [3.05, 3.63) is 65.2 Å². The molecule has 1 N–H and O–H groups in total. The molecule has 1 atom stereocenters. The van der Waals surface area contributed by atoms with Gasteiger partial charge in [-0.05, 0) is 37.3 Å². The van der Waals surface area contributed by atoms with Crippen molar-refractivity contribution < 1.29 is 23.9 Å². The predicted octanol–water partition coefficient (Wildman–Crippen LogP) is 2.10. The normalized spacial score (nSPS) is 14.0. The third-order valence-corrected chi connectivity index (χ3v) is 4.02. The second-order valence-electron chi connectivity index (χ2n) is 5.83. The highest BCUT2D eigenvalue weighted by Gasteiger charge is 2.33. The number of benzene rings is 2. The zero-order chi connectivity index (χ0) is 18.8. The van der Waals surface area contributed by atoms with E-state index in [1.165, 1.54) is 32.2 Å². The first-order chi connectivity index (χ1) is 12.4. The van der Waals surface area contributed by atoms with Crippen LogP contribution in [-0.4, -0.2) is 41.7 Å². The van der Waals surface area contributed by atoms with Crippen molar-refractivity contribution in [2.45, 2.75) is 13.0 Å². The monoisotopic (exact) mass is 352 g/mol. The van der Waals surface area contributed by atoms with E-state index < -0.39 is 29.8 Å². The number of carbonyl (C=O) groups excluding carboxylic acids is 4. The number of hydrogen-bond donors (Lipinski definition) is 1. The van der Waals surface area contributed by atoms with Crippen molar-refractivity contribution in [3.8, 4) is 0 Å². The Labute approximate surface area is 149 Å². The van der Waals surface area contributed by atoms with Gasteiger partial charge in [-0.2, -0.15) is 0 Å². The minimum atomic E-state index is -1.03. The maximum absolute atomic E-state index is 12.3. The molecular formula is C19H16N2O5. The number of esters is 1. The van der Waals surface area contributed by atoms with E-state index in [0.717, 1.165) is 4.90 Å². The first-order valence-electron chi connectivity index (χ1n) is 7.92. The van der Waals surface area contributed by atoms with Gasteiger partial charge in [-0.15, -0.1) is 0 Å². The van der Waals surface area contributed by atoms with E-state index in [4.69, 9.17) is 4.74 Å². The molecule has 132 valence electrons. The van der Waals surface area contributed by atoms with E-state index in [9.17, 15) is 19.2 Å². The molecule has 1 aliphatic rings. The average Bonchev–Trinajstić information content (AvgIpc) is 2.86. The Balaban J connectivity index is 1.70. The van der Waals surface area contributed by atoms with E-state index in [1.54, 1.807) is 24.3 Å². The standard InChI is InChI=1S/C19H16N2O5/c1-11(16(22)20-13-6-4-3-5-7-13)26-19(25)12-8-9-14-15(10-12)18(24)21(2)17(14)23/h3-11H,1-2H3,(H,20,22). The highest BCUT2D eigenvalue weighted by molar-refractivity contribution is 6.21. The lowest BCUT2D eigenvalue weighted by molar-refractivity contribution is -0.123. The van der Waals surface area contributed by atoms with Crippen LogP contribution in [0.15, 0.2) is 48.5 Å². The molecule has 0 saturated heterocycles. The van der Waals surface area contributed by atoms with Crippen LogP contribution in [0.2, 0.25) is 0 Å². The summed E-state index contributed by atoms with van der Waals surface area (Å²) in [4.78, 5) is 49.2. The van der Waals surface area contributed by atoms with Gasteiger partial charge in [0.2, 0.25) is 0 Å². The average molecular weight is 352 g/mol. The smallest absolute Gasteiger partial charge is 0.338 e. The van der Waals surface area contributed by atoms with Crippen LogP contribution in [0.5, 0.6) is 0 Å². The summed E-state index contributed by atoms with van der Waals surface area (Å²) in [5.74, 6) is -2.12. The fraction of sp³-hybridized carbons (Fsp3) is 0.158. The van der Waals surface area contributed by atoms with Crippen molar-refractivity contribution in [2.75, 3.05) is 12.4 Å². The van der Waals surface area contributed by atoms with Gasteiger partial charge in [0.1, 0.15) is 0 Å². The number of imide groups is 1. The lowest BCUT2D eigenvalue weighted by atomic mass is 10.1.